The first-order valence-electron chi connectivity index (χ1n) is 8.21. The SMILES string of the molecule is CC12C[C@@H]1CN[C@@H]2C(=O)N[C@H](C#N)C[C@@H]1CC2(CC2)NC1=O. The summed E-state index contributed by atoms with van der Waals surface area (Å²) in [4.78, 5) is 24.4. The van der Waals surface area contributed by atoms with E-state index in [9.17, 15) is 14.9 Å². The van der Waals surface area contributed by atoms with Gasteiger partial charge in [-0.3, -0.25) is 9.59 Å². The molecule has 3 N–H and O–H groups in total. The average Bonchev–Trinajstić information content (AvgIpc) is 3.31. The Bertz CT molecular complexity index is 577. The number of nitrogens with one attached hydrogen (secondary N) is 3. The number of nitriles is 1. The van der Waals surface area contributed by atoms with E-state index in [0.717, 1.165) is 32.2 Å². The molecule has 118 valence electrons. The molecular formula is C16H22N4O2. The van der Waals surface area contributed by atoms with Gasteiger partial charge in [-0.25, -0.2) is 0 Å². The molecule has 22 heavy (non-hydrogen) atoms. The molecule has 2 amide bonds. The zero-order chi connectivity index (χ0) is 15.5. The van der Waals surface area contributed by atoms with Crippen LogP contribution in [0.5, 0.6) is 0 Å². The molecule has 2 aliphatic heterocycles. The summed E-state index contributed by atoms with van der Waals surface area (Å²) < 4.78 is 0. The third-order valence-electron chi connectivity index (χ3n) is 6.19. The lowest BCUT2D eigenvalue weighted by Gasteiger charge is -2.22. The van der Waals surface area contributed by atoms with Crippen molar-refractivity contribution in [2.45, 2.75) is 56.7 Å². The highest BCUT2D eigenvalue weighted by molar-refractivity contribution is 5.85. The van der Waals surface area contributed by atoms with Crippen LogP contribution < -0.4 is 16.0 Å². The van der Waals surface area contributed by atoms with Crippen molar-refractivity contribution in [3.8, 4) is 6.07 Å². The Hall–Kier alpha value is -1.61. The van der Waals surface area contributed by atoms with Gasteiger partial charge >= 0.3 is 0 Å². The van der Waals surface area contributed by atoms with Crippen LogP contribution in [0, 0.1) is 28.6 Å². The molecule has 2 heterocycles. The lowest BCUT2D eigenvalue weighted by atomic mass is 9.94. The maximum atomic E-state index is 12.4. The monoisotopic (exact) mass is 302 g/mol. The van der Waals surface area contributed by atoms with Crippen molar-refractivity contribution in [2.24, 2.45) is 17.3 Å². The van der Waals surface area contributed by atoms with Gasteiger partial charge in [0.05, 0.1) is 12.1 Å². The summed E-state index contributed by atoms with van der Waals surface area (Å²) in [5.41, 5.74) is 0.0837. The molecule has 6 heteroatoms. The number of piperidine rings is 1. The summed E-state index contributed by atoms with van der Waals surface area (Å²) in [6, 6.07) is 1.38. The van der Waals surface area contributed by atoms with Crippen molar-refractivity contribution in [2.75, 3.05) is 6.54 Å². The molecule has 2 aliphatic carbocycles. The first-order valence-corrected chi connectivity index (χ1v) is 8.21. The van der Waals surface area contributed by atoms with Gasteiger partial charge in [-0.05, 0) is 50.0 Å². The predicted octanol–water partition coefficient (Wildman–Crippen LogP) is 0.0516. The highest BCUT2D eigenvalue weighted by Gasteiger charge is 2.61. The Labute approximate surface area is 130 Å². The third kappa shape index (κ3) is 2.11. The second kappa shape index (κ2) is 4.45. The molecule has 4 aliphatic rings. The number of rotatable bonds is 4. The van der Waals surface area contributed by atoms with Crippen molar-refractivity contribution >= 4 is 11.8 Å². The number of nitrogens with zero attached hydrogens (tertiary/aromatic N) is 1. The van der Waals surface area contributed by atoms with Crippen LogP contribution in [-0.2, 0) is 9.59 Å². The summed E-state index contributed by atoms with van der Waals surface area (Å²) in [5.74, 6) is 0.404. The molecule has 4 fully saturated rings. The van der Waals surface area contributed by atoms with Crippen molar-refractivity contribution < 1.29 is 9.59 Å². The van der Waals surface area contributed by atoms with Gasteiger partial charge in [-0.2, -0.15) is 5.26 Å². The zero-order valence-corrected chi connectivity index (χ0v) is 12.8. The molecule has 5 atom stereocenters. The Morgan fingerprint density at radius 2 is 2.27 bits per heavy atom. The lowest BCUT2D eigenvalue weighted by molar-refractivity contribution is -0.126. The van der Waals surface area contributed by atoms with Gasteiger partial charge in [0.25, 0.3) is 0 Å². The highest BCUT2D eigenvalue weighted by Crippen LogP contribution is 2.57. The van der Waals surface area contributed by atoms with Gasteiger partial charge in [-0.15, -0.1) is 0 Å². The fourth-order valence-electron chi connectivity index (χ4n) is 4.35. The standard InChI is InChI=1S/C16H22N4O2/c1-15-6-10(15)8-18-12(15)14(22)19-11(7-17)4-9-5-16(2-3-16)20-13(9)21/h9-12,18H,2-6,8H2,1H3,(H,19,22)(H,20,21)/t9-,10-,11+,12-,15?/m1/s1. The second-order valence-corrected chi connectivity index (χ2v) is 7.84. The molecule has 2 saturated carbocycles. The Kier molecular flexibility index (Phi) is 2.83. The number of hydrogen-bond donors (Lipinski definition) is 3. The van der Waals surface area contributed by atoms with Crippen LogP contribution in [0.3, 0.4) is 0 Å². The third-order valence-corrected chi connectivity index (χ3v) is 6.19. The molecule has 0 aromatic carbocycles. The van der Waals surface area contributed by atoms with Gasteiger partial charge in [0, 0.05) is 11.5 Å². The first-order chi connectivity index (χ1) is 10.5. The molecule has 0 radical (unpaired) electrons. The molecule has 6 nitrogen and oxygen atoms in total. The zero-order valence-electron chi connectivity index (χ0n) is 12.8. The van der Waals surface area contributed by atoms with E-state index in [2.05, 4.69) is 28.9 Å². The van der Waals surface area contributed by atoms with E-state index in [1.807, 2.05) is 0 Å². The minimum atomic E-state index is -0.583. The molecule has 0 bridgehead atoms. The van der Waals surface area contributed by atoms with Gasteiger partial charge < -0.3 is 16.0 Å². The van der Waals surface area contributed by atoms with Gasteiger partial charge in [0.1, 0.15) is 6.04 Å². The van der Waals surface area contributed by atoms with Crippen molar-refractivity contribution in [3.63, 3.8) is 0 Å². The quantitative estimate of drug-likeness (QED) is 0.684. The minimum Gasteiger partial charge on any atom is -0.350 e. The van der Waals surface area contributed by atoms with E-state index in [0.29, 0.717) is 12.3 Å². The topological polar surface area (TPSA) is 94.0 Å². The smallest absolute Gasteiger partial charge is 0.238 e. The molecule has 4 rings (SSSR count). The van der Waals surface area contributed by atoms with E-state index in [1.54, 1.807) is 0 Å². The summed E-state index contributed by atoms with van der Waals surface area (Å²) in [6.45, 7) is 3.02. The summed E-state index contributed by atoms with van der Waals surface area (Å²) >= 11 is 0. The Morgan fingerprint density at radius 1 is 1.50 bits per heavy atom. The molecule has 0 aromatic rings. The van der Waals surface area contributed by atoms with Gasteiger partial charge in [-0.1, -0.05) is 6.92 Å². The number of amides is 2. The van der Waals surface area contributed by atoms with Crippen LogP contribution in [0.1, 0.15) is 39.0 Å². The Morgan fingerprint density at radius 3 is 2.77 bits per heavy atom. The minimum absolute atomic E-state index is 0.0213. The number of carbonyl (C=O) groups excluding carboxylic acids is 2. The van der Waals surface area contributed by atoms with Crippen molar-refractivity contribution in [1.29, 1.82) is 5.26 Å². The van der Waals surface area contributed by atoms with Gasteiger partial charge in [0.2, 0.25) is 11.8 Å². The van der Waals surface area contributed by atoms with E-state index < -0.39 is 6.04 Å². The van der Waals surface area contributed by atoms with E-state index in [4.69, 9.17) is 0 Å². The number of fused-ring (bicyclic) bond motifs is 1. The highest BCUT2D eigenvalue weighted by atomic mass is 16.2. The van der Waals surface area contributed by atoms with Crippen LogP contribution in [0.2, 0.25) is 0 Å². The second-order valence-electron chi connectivity index (χ2n) is 7.84. The van der Waals surface area contributed by atoms with Gasteiger partial charge in [0.15, 0.2) is 0 Å². The Balaban J connectivity index is 1.35. The molecule has 1 unspecified atom stereocenters. The first kappa shape index (κ1) is 14.0. The summed E-state index contributed by atoms with van der Waals surface area (Å²) in [6.07, 6.45) is 4.40. The normalized spacial score (nSPS) is 41.5. The van der Waals surface area contributed by atoms with Crippen LogP contribution >= 0.6 is 0 Å². The number of carbonyl (C=O) groups is 2. The van der Waals surface area contributed by atoms with Crippen molar-refractivity contribution in [3.05, 3.63) is 0 Å². The van der Waals surface area contributed by atoms with E-state index >= 15 is 0 Å². The lowest BCUT2D eigenvalue weighted by Crippen LogP contribution is -2.49. The van der Waals surface area contributed by atoms with Crippen LogP contribution in [0.15, 0.2) is 0 Å². The molecular weight excluding hydrogens is 280 g/mol. The van der Waals surface area contributed by atoms with E-state index in [1.165, 1.54) is 0 Å². The molecule has 0 aromatic heterocycles. The molecule has 2 saturated heterocycles. The predicted molar refractivity (Wildman–Crippen MR) is 78.4 cm³/mol. The fraction of sp³-hybridized carbons (Fsp3) is 0.812. The van der Waals surface area contributed by atoms with Crippen LogP contribution in [0.4, 0.5) is 0 Å². The van der Waals surface area contributed by atoms with E-state index in [-0.39, 0.29) is 34.7 Å². The van der Waals surface area contributed by atoms with Crippen molar-refractivity contribution in [1.82, 2.24) is 16.0 Å². The number of hydrogen-bond acceptors (Lipinski definition) is 4. The largest absolute Gasteiger partial charge is 0.350 e. The van der Waals surface area contributed by atoms with Crippen LogP contribution in [0.25, 0.3) is 0 Å². The summed E-state index contributed by atoms with van der Waals surface area (Å²) in [5, 5.41) is 18.5. The fourth-order valence-corrected chi connectivity index (χ4v) is 4.35. The maximum absolute atomic E-state index is 12.4. The van der Waals surface area contributed by atoms with Crippen LogP contribution in [-0.4, -0.2) is 36.0 Å². The average molecular weight is 302 g/mol. The maximum Gasteiger partial charge on any atom is 0.238 e. The molecule has 1 spiro atoms. The summed E-state index contributed by atoms with van der Waals surface area (Å²) in [7, 11) is 0.